The van der Waals surface area contributed by atoms with Crippen molar-refractivity contribution in [3.05, 3.63) is 41.0 Å². The summed E-state index contributed by atoms with van der Waals surface area (Å²) in [5.74, 6) is -1.53. The molecule has 3 rings (SSSR count). The highest BCUT2D eigenvalue weighted by atomic mass is 16.7. The molecule has 0 spiro atoms. The average Bonchev–Trinajstić information content (AvgIpc) is 3.14. The monoisotopic (exact) mass is 396 g/mol. The van der Waals surface area contributed by atoms with Gasteiger partial charge in [-0.15, -0.1) is 0 Å². The number of nitrogens with zero attached hydrogens (tertiary/aromatic N) is 1. The largest absolute Gasteiger partial charge is 0.389 e. The first-order valence-electron chi connectivity index (χ1n) is 9.96. The molecule has 1 aromatic carbocycles. The van der Waals surface area contributed by atoms with Crippen LogP contribution in [0.2, 0.25) is 0 Å². The van der Waals surface area contributed by atoms with E-state index in [0.717, 1.165) is 22.3 Å². The number of nitrogens with one attached hydrogen (secondary N) is 1. The summed E-state index contributed by atoms with van der Waals surface area (Å²) in [5.41, 5.74) is 3.50. The van der Waals surface area contributed by atoms with Crippen LogP contribution in [-0.2, 0) is 19.2 Å². The van der Waals surface area contributed by atoms with Gasteiger partial charge in [0.2, 0.25) is 0 Å². The summed E-state index contributed by atoms with van der Waals surface area (Å²) in [5, 5.41) is 6.62. The van der Waals surface area contributed by atoms with Gasteiger partial charge in [-0.1, -0.05) is 35.5 Å². The first-order chi connectivity index (χ1) is 13.6. The van der Waals surface area contributed by atoms with Gasteiger partial charge in [0.05, 0.1) is 0 Å². The maximum Gasteiger partial charge on any atom is 0.269 e. The Bertz CT molecular complexity index is 914. The van der Waals surface area contributed by atoms with Gasteiger partial charge in [0.1, 0.15) is 23.0 Å². The number of carbonyl (C=O) groups is 3. The molecule has 1 amide bonds. The van der Waals surface area contributed by atoms with Gasteiger partial charge in [-0.3, -0.25) is 14.4 Å². The van der Waals surface area contributed by atoms with Crippen LogP contribution in [0, 0.1) is 19.8 Å². The van der Waals surface area contributed by atoms with E-state index in [1.165, 1.54) is 0 Å². The van der Waals surface area contributed by atoms with Gasteiger partial charge in [-0.25, -0.2) is 0 Å². The molecule has 1 N–H and O–H groups in total. The third kappa shape index (κ3) is 4.31. The zero-order valence-corrected chi connectivity index (χ0v) is 17.5. The molecule has 6 nitrogen and oxygen atoms in total. The lowest BCUT2D eigenvalue weighted by Gasteiger charge is -2.17. The molecule has 6 heteroatoms. The lowest BCUT2D eigenvalue weighted by atomic mass is 9.85. The van der Waals surface area contributed by atoms with Crippen LogP contribution in [0.4, 0.5) is 0 Å². The molecule has 29 heavy (non-hydrogen) atoms. The normalized spacial score (nSPS) is 23.0. The van der Waals surface area contributed by atoms with E-state index in [0.29, 0.717) is 25.1 Å². The van der Waals surface area contributed by atoms with E-state index in [1.54, 1.807) is 6.08 Å². The predicted molar refractivity (Wildman–Crippen MR) is 112 cm³/mol. The fourth-order valence-corrected chi connectivity index (χ4v) is 4.21. The highest BCUT2D eigenvalue weighted by molar-refractivity contribution is 6.39. The molecule has 1 aliphatic carbocycles. The van der Waals surface area contributed by atoms with Crippen LogP contribution < -0.4 is 5.32 Å². The number of aryl methyl sites for hydroxylation is 2. The summed E-state index contributed by atoms with van der Waals surface area (Å²) in [6, 6.07) is 3.94. The van der Waals surface area contributed by atoms with Crippen molar-refractivity contribution in [3.8, 4) is 0 Å². The Hall–Kier alpha value is -2.76. The van der Waals surface area contributed by atoms with Gasteiger partial charge in [-0.05, 0) is 50.8 Å². The van der Waals surface area contributed by atoms with Crippen LogP contribution in [0.5, 0.6) is 0 Å². The van der Waals surface area contributed by atoms with Crippen LogP contribution in [-0.4, -0.2) is 35.3 Å². The van der Waals surface area contributed by atoms with E-state index in [1.807, 2.05) is 39.8 Å². The molecule has 1 heterocycles. The lowest BCUT2D eigenvalue weighted by molar-refractivity contribution is -0.125. The molecule has 2 unspecified atom stereocenters. The summed E-state index contributed by atoms with van der Waals surface area (Å²) >= 11 is 0. The van der Waals surface area contributed by atoms with Gasteiger partial charge in [0, 0.05) is 25.3 Å². The molecule has 0 radical (unpaired) electrons. The van der Waals surface area contributed by atoms with Gasteiger partial charge >= 0.3 is 0 Å². The number of Topliss-reactive ketones (excluding diaryl/α,β-unsaturated/α-hetero) is 2. The number of oxime groups is 1. The fraction of sp³-hybridized carbons (Fsp3) is 0.478. The van der Waals surface area contributed by atoms with Crippen molar-refractivity contribution in [2.75, 3.05) is 6.54 Å². The maximum absolute atomic E-state index is 13.0. The fourth-order valence-electron chi connectivity index (χ4n) is 4.21. The number of benzene rings is 1. The molecule has 0 saturated heterocycles. The Kier molecular flexibility index (Phi) is 5.73. The number of carbonyl (C=O) groups excluding carboxylic acids is 3. The van der Waals surface area contributed by atoms with Crippen LogP contribution in [0.25, 0.3) is 6.08 Å². The van der Waals surface area contributed by atoms with Crippen molar-refractivity contribution >= 4 is 29.3 Å². The molecule has 1 saturated carbocycles. The predicted octanol–water partition coefficient (Wildman–Crippen LogP) is 3.25. The topological polar surface area (TPSA) is 84.8 Å². The molecule has 1 fully saturated rings. The zero-order chi connectivity index (χ0) is 21.3. The van der Waals surface area contributed by atoms with E-state index in [9.17, 15) is 14.4 Å². The summed E-state index contributed by atoms with van der Waals surface area (Å²) in [4.78, 5) is 43.2. The van der Waals surface area contributed by atoms with Gasteiger partial charge < -0.3 is 10.2 Å². The molecule has 0 aromatic heterocycles. The van der Waals surface area contributed by atoms with Crippen molar-refractivity contribution in [2.45, 2.75) is 58.5 Å². The smallest absolute Gasteiger partial charge is 0.269 e. The van der Waals surface area contributed by atoms with Gasteiger partial charge in [0.25, 0.3) is 5.91 Å². The standard InChI is InChI=1S/C23H28N2O4/c1-6-15-10-13(2)9-14(3)19(15)20-18(26)11-16(21(20)27)7-8-24-22(28)17-12-23(4,5)29-25-17/h6,9-10,16,20H,1,7-8,11-12H2,2-5H3,(H,24,28). The lowest BCUT2D eigenvalue weighted by Crippen LogP contribution is -2.34. The second kappa shape index (κ2) is 7.93. The third-order valence-corrected chi connectivity index (χ3v) is 5.56. The highest BCUT2D eigenvalue weighted by Gasteiger charge is 2.43. The summed E-state index contributed by atoms with van der Waals surface area (Å²) < 4.78 is 0. The van der Waals surface area contributed by atoms with Crippen LogP contribution in [0.15, 0.2) is 23.9 Å². The van der Waals surface area contributed by atoms with Crippen LogP contribution in [0.3, 0.4) is 0 Å². The summed E-state index contributed by atoms with van der Waals surface area (Å²) in [7, 11) is 0. The Labute approximate surface area is 171 Å². The van der Waals surface area contributed by atoms with Crippen molar-refractivity contribution < 1.29 is 19.2 Å². The van der Waals surface area contributed by atoms with E-state index >= 15 is 0 Å². The Morgan fingerprint density at radius 2 is 2.07 bits per heavy atom. The third-order valence-electron chi connectivity index (χ3n) is 5.56. The van der Waals surface area contributed by atoms with E-state index in [2.05, 4.69) is 17.1 Å². The molecular weight excluding hydrogens is 368 g/mol. The van der Waals surface area contributed by atoms with Crippen molar-refractivity contribution in [1.82, 2.24) is 5.32 Å². The second-order valence-electron chi connectivity index (χ2n) is 8.60. The number of hydrogen-bond acceptors (Lipinski definition) is 5. The van der Waals surface area contributed by atoms with Crippen LogP contribution in [0.1, 0.15) is 61.3 Å². The zero-order valence-electron chi connectivity index (χ0n) is 17.5. The number of ketones is 2. The minimum atomic E-state index is -0.738. The Morgan fingerprint density at radius 1 is 1.34 bits per heavy atom. The van der Waals surface area contributed by atoms with Crippen LogP contribution >= 0.6 is 0 Å². The van der Waals surface area contributed by atoms with E-state index in [-0.39, 0.29) is 29.8 Å². The first-order valence-corrected chi connectivity index (χ1v) is 9.96. The van der Waals surface area contributed by atoms with E-state index in [4.69, 9.17) is 4.84 Å². The van der Waals surface area contributed by atoms with E-state index < -0.39 is 11.5 Å². The summed E-state index contributed by atoms with van der Waals surface area (Å²) in [6.45, 7) is 11.8. The Morgan fingerprint density at radius 3 is 2.69 bits per heavy atom. The summed E-state index contributed by atoms with van der Waals surface area (Å²) in [6.07, 6.45) is 2.78. The van der Waals surface area contributed by atoms with Crippen molar-refractivity contribution in [1.29, 1.82) is 0 Å². The first kappa shape index (κ1) is 21.0. The second-order valence-corrected chi connectivity index (χ2v) is 8.60. The van der Waals surface area contributed by atoms with Crippen molar-refractivity contribution in [3.63, 3.8) is 0 Å². The quantitative estimate of drug-likeness (QED) is 0.748. The maximum atomic E-state index is 13.0. The molecule has 1 aromatic rings. The molecule has 1 aliphatic heterocycles. The average molecular weight is 396 g/mol. The Balaban J connectivity index is 1.65. The number of hydrogen-bond donors (Lipinski definition) is 1. The molecule has 154 valence electrons. The minimum absolute atomic E-state index is 0.0586. The molecular formula is C23H28N2O4. The minimum Gasteiger partial charge on any atom is -0.389 e. The number of amides is 1. The van der Waals surface area contributed by atoms with Gasteiger partial charge in [0.15, 0.2) is 5.78 Å². The number of rotatable bonds is 6. The van der Waals surface area contributed by atoms with Crippen molar-refractivity contribution in [2.24, 2.45) is 11.1 Å². The SMILES string of the molecule is C=Cc1cc(C)cc(C)c1C1C(=O)CC(CCNC(=O)C2=NOC(C)(C)C2)C1=O. The molecule has 0 bridgehead atoms. The van der Waals surface area contributed by atoms with Gasteiger partial charge in [-0.2, -0.15) is 0 Å². The molecule has 2 aliphatic rings. The molecule has 2 atom stereocenters. The highest BCUT2D eigenvalue weighted by Crippen LogP contribution is 2.37.